The first-order valence-corrected chi connectivity index (χ1v) is 9.56. The summed E-state index contributed by atoms with van der Waals surface area (Å²) in [5.41, 5.74) is 2.62. The van der Waals surface area contributed by atoms with E-state index in [1.165, 1.54) is 6.42 Å². The molecule has 134 valence electrons. The third-order valence-electron chi connectivity index (χ3n) is 6.22. The van der Waals surface area contributed by atoms with Gasteiger partial charge < -0.3 is 9.80 Å². The van der Waals surface area contributed by atoms with Crippen molar-refractivity contribution in [3.63, 3.8) is 0 Å². The normalized spacial score (nSPS) is 26.3. The molecule has 1 saturated carbocycles. The molecule has 2 bridgehead atoms. The summed E-state index contributed by atoms with van der Waals surface area (Å²) in [5.74, 6) is 1.05. The maximum atomic E-state index is 13.1. The molecule has 2 atom stereocenters. The summed E-state index contributed by atoms with van der Waals surface area (Å²) in [4.78, 5) is 34.2. The molecule has 5 nitrogen and oxygen atoms in total. The van der Waals surface area contributed by atoms with Gasteiger partial charge >= 0.3 is 0 Å². The molecule has 5 heteroatoms. The van der Waals surface area contributed by atoms with Crippen LogP contribution in [0.3, 0.4) is 0 Å². The van der Waals surface area contributed by atoms with Crippen LogP contribution in [0, 0.1) is 25.7 Å². The van der Waals surface area contributed by atoms with Crippen molar-refractivity contribution in [2.45, 2.75) is 52.0 Å². The van der Waals surface area contributed by atoms with Crippen LogP contribution in [-0.4, -0.2) is 52.3 Å². The largest absolute Gasteiger partial charge is 0.340 e. The molecule has 0 aromatic carbocycles. The number of nitrogens with zero attached hydrogens (tertiary/aromatic N) is 3. The number of aromatic nitrogens is 1. The van der Waals surface area contributed by atoms with Crippen LogP contribution in [-0.2, 0) is 4.79 Å². The highest BCUT2D eigenvalue weighted by Crippen LogP contribution is 2.33. The van der Waals surface area contributed by atoms with Crippen LogP contribution in [0.25, 0.3) is 0 Å². The molecule has 4 aliphatic rings. The van der Waals surface area contributed by atoms with Crippen molar-refractivity contribution in [3.05, 3.63) is 29.1 Å². The van der Waals surface area contributed by atoms with E-state index < -0.39 is 0 Å². The van der Waals surface area contributed by atoms with Crippen molar-refractivity contribution >= 4 is 11.8 Å². The van der Waals surface area contributed by atoms with Gasteiger partial charge in [0.25, 0.3) is 5.91 Å². The smallest absolute Gasteiger partial charge is 0.256 e. The fourth-order valence-corrected chi connectivity index (χ4v) is 4.50. The van der Waals surface area contributed by atoms with Crippen molar-refractivity contribution in [1.82, 2.24) is 14.8 Å². The van der Waals surface area contributed by atoms with Crippen LogP contribution in [0.15, 0.2) is 12.3 Å². The van der Waals surface area contributed by atoms with Gasteiger partial charge in [-0.1, -0.05) is 6.42 Å². The van der Waals surface area contributed by atoms with Gasteiger partial charge in [-0.3, -0.25) is 14.6 Å². The van der Waals surface area contributed by atoms with E-state index in [-0.39, 0.29) is 17.9 Å². The fourth-order valence-electron chi connectivity index (χ4n) is 4.50. The molecule has 0 spiro atoms. The summed E-state index contributed by atoms with van der Waals surface area (Å²) < 4.78 is 0. The van der Waals surface area contributed by atoms with Crippen molar-refractivity contribution in [3.8, 4) is 0 Å². The first kappa shape index (κ1) is 16.6. The summed E-state index contributed by atoms with van der Waals surface area (Å²) in [5, 5.41) is 0. The predicted molar refractivity (Wildman–Crippen MR) is 95.2 cm³/mol. The molecule has 25 heavy (non-hydrogen) atoms. The number of fused-ring (bicyclic) bond motifs is 4. The zero-order valence-electron chi connectivity index (χ0n) is 15.2. The van der Waals surface area contributed by atoms with Crippen LogP contribution in [0.5, 0.6) is 0 Å². The highest BCUT2D eigenvalue weighted by molar-refractivity contribution is 5.95. The summed E-state index contributed by atoms with van der Waals surface area (Å²) in [6.07, 6.45) is 7.10. The van der Waals surface area contributed by atoms with E-state index in [9.17, 15) is 9.59 Å². The van der Waals surface area contributed by atoms with Crippen molar-refractivity contribution < 1.29 is 9.59 Å². The average molecular weight is 341 g/mol. The lowest BCUT2D eigenvalue weighted by Crippen LogP contribution is -2.48. The Morgan fingerprint density at radius 2 is 1.88 bits per heavy atom. The summed E-state index contributed by atoms with van der Waals surface area (Å²) in [6, 6.07) is 2.12. The topological polar surface area (TPSA) is 53.5 Å². The monoisotopic (exact) mass is 341 g/mol. The Hall–Kier alpha value is -1.91. The van der Waals surface area contributed by atoms with Gasteiger partial charge in [-0.2, -0.15) is 0 Å². The van der Waals surface area contributed by atoms with E-state index in [0.29, 0.717) is 23.9 Å². The Kier molecular flexibility index (Phi) is 4.26. The third kappa shape index (κ3) is 3.05. The minimum absolute atomic E-state index is 0.0812. The number of pyridine rings is 1. The third-order valence-corrected chi connectivity index (χ3v) is 6.22. The molecule has 3 saturated heterocycles. The van der Waals surface area contributed by atoms with Gasteiger partial charge in [0, 0.05) is 43.5 Å². The van der Waals surface area contributed by atoms with E-state index in [2.05, 4.69) is 9.88 Å². The number of aryl methyl sites for hydroxylation is 2. The first-order valence-electron chi connectivity index (χ1n) is 9.56. The van der Waals surface area contributed by atoms with Crippen molar-refractivity contribution in [2.75, 3.05) is 19.6 Å². The molecular formula is C20H27N3O2. The number of carbonyl (C=O) groups is 2. The number of hydrogen-bond acceptors (Lipinski definition) is 3. The minimum atomic E-state index is 0.0812. The Balaban J connectivity index is 1.53. The number of amides is 2. The molecule has 0 unspecified atom stereocenters. The van der Waals surface area contributed by atoms with Crippen molar-refractivity contribution in [2.24, 2.45) is 11.8 Å². The van der Waals surface area contributed by atoms with E-state index in [0.717, 1.165) is 50.0 Å². The standard InChI is InChI=1S/C20H27N3O2/c1-13-8-14(2)21-9-18(13)20(25)23-11-15-6-7-17(23)12-22(10-15)19(24)16-4-3-5-16/h8-9,15-17H,3-7,10-12H2,1-2H3/t15-,17+/m0/s1. The van der Waals surface area contributed by atoms with Crippen LogP contribution in [0.4, 0.5) is 0 Å². The number of carbonyl (C=O) groups excluding carboxylic acids is 2. The molecule has 1 aromatic heterocycles. The molecule has 5 rings (SSSR count). The minimum Gasteiger partial charge on any atom is -0.340 e. The SMILES string of the molecule is Cc1cc(C)c(C(=O)N2C[C@H]3CC[C@@H]2CN(C(=O)C2CCC2)C3)cn1. The van der Waals surface area contributed by atoms with Gasteiger partial charge in [-0.05, 0) is 57.1 Å². The van der Waals surface area contributed by atoms with E-state index in [1.807, 2.05) is 24.8 Å². The lowest BCUT2D eigenvalue weighted by atomic mass is 9.84. The van der Waals surface area contributed by atoms with Gasteiger partial charge in [-0.25, -0.2) is 0 Å². The van der Waals surface area contributed by atoms with Gasteiger partial charge in [0.2, 0.25) is 5.91 Å². The number of rotatable bonds is 2. The zero-order valence-corrected chi connectivity index (χ0v) is 15.2. The second-order valence-electron chi connectivity index (χ2n) is 8.07. The average Bonchev–Trinajstić information content (AvgIpc) is 2.84. The van der Waals surface area contributed by atoms with Crippen LogP contribution in [0.2, 0.25) is 0 Å². The number of hydrogen-bond donors (Lipinski definition) is 0. The fraction of sp³-hybridized carbons (Fsp3) is 0.650. The van der Waals surface area contributed by atoms with Gasteiger partial charge in [-0.15, -0.1) is 0 Å². The molecule has 0 radical (unpaired) electrons. The Bertz CT molecular complexity index is 698. The first-order chi connectivity index (χ1) is 12.0. The molecule has 4 heterocycles. The zero-order chi connectivity index (χ0) is 17.6. The predicted octanol–water partition coefficient (Wildman–Crippen LogP) is 2.56. The van der Waals surface area contributed by atoms with Crippen LogP contribution >= 0.6 is 0 Å². The lowest BCUT2D eigenvalue weighted by Gasteiger charge is -2.36. The molecule has 0 N–H and O–H groups in total. The Morgan fingerprint density at radius 3 is 2.56 bits per heavy atom. The van der Waals surface area contributed by atoms with E-state index in [1.54, 1.807) is 6.20 Å². The molecule has 4 fully saturated rings. The molecule has 3 aliphatic heterocycles. The highest BCUT2D eigenvalue weighted by atomic mass is 16.2. The highest BCUT2D eigenvalue weighted by Gasteiger charge is 2.41. The van der Waals surface area contributed by atoms with Crippen molar-refractivity contribution in [1.29, 1.82) is 0 Å². The number of piperidine rings is 1. The summed E-state index contributed by atoms with van der Waals surface area (Å²) >= 11 is 0. The Labute approximate surface area is 149 Å². The van der Waals surface area contributed by atoms with Gasteiger partial charge in [0.05, 0.1) is 5.56 Å². The maximum Gasteiger partial charge on any atom is 0.256 e. The van der Waals surface area contributed by atoms with Gasteiger partial charge in [0.1, 0.15) is 0 Å². The van der Waals surface area contributed by atoms with Gasteiger partial charge in [0.15, 0.2) is 0 Å². The second-order valence-corrected chi connectivity index (χ2v) is 8.07. The Morgan fingerprint density at radius 1 is 1.08 bits per heavy atom. The molecule has 1 aliphatic carbocycles. The molecule has 1 aromatic rings. The summed E-state index contributed by atoms with van der Waals surface area (Å²) in [6.45, 7) is 6.21. The molecule has 2 amide bonds. The maximum absolute atomic E-state index is 13.1. The molecular weight excluding hydrogens is 314 g/mol. The quantitative estimate of drug-likeness (QED) is 0.831. The second kappa shape index (κ2) is 6.43. The van der Waals surface area contributed by atoms with E-state index in [4.69, 9.17) is 0 Å². The van der Waals surface area contributed by atoms with Crippen LogP contribution in [0.1, 0.15) is 53.7 Å². The lowest BCUT2D eigenvalue weighted by molar-refractivity contribution is -0.138. The van der Waals surface area contributed by atoms with E-state index >= 15 is 0 Å². The summed E-state index contributed by atoms with van der Waals surface area (Å²) in [7, 11) is 0. The van der Waals surface area contributed by atoms with Crippen LogP contribution < -0.4 is 0 Å².